The van der Waals surface area contributed by atoms with E-state index < -0.39 is 5.60 Å². The van der Waals surface area contributed by atoms with Gasteiger partial charge in [0, 0.05) is 45.5 Å². The summed E-state index contributed by atoms with van der Waals surface area (Å²) >= 11 is 0. The second-order valence-corrected chi connectivity index (χ2v) is 9.01. The molecular formula is C21H32N6O2. The van der Waals surface area contributed by atoms with Crippen molar-refractivity contribution in [2.45, 2.75) is 51.8 Å². The zero-order valence-electron chi connectivity index (χ0n) is 17.7. The molecule has 1 amide bonds. The van der Waals surface area contributed by atoms with E-state index >= 15 is 0 Å². The first-order valence-electron chi connectivity index (χ1n) is 10.6. The Morgan fingerprint density at radius 1 is 1.24 bits per heavy atom. The predicted octanol–water partition coefficient (Wildman–Crippen LogP) is 2.06. The Morgan fingerprint density at radius 3 is 2.79 bits per heavy atom. The maximum Gasteiger partial charge on any atom is 0.410 e. The number of hydrogen-bond donors (Lipinski definition) is 1. The number of fused-ring (bicyclic) bond motifs is 1. The zero-order chi connectivity index (χ0) is 20.4. The molecule has 1 unspecified atom stereocenters. The molecule has 158 valence electrons. The van der Waals surface area contributed by atoms with Gasteiger partial charge in [-0.2, -0.15) is 0 Å². The minimum absolute atomic E-state index is 0.219. The van der Waals surface area contributed by atoms with Crippen LogP contribution < -0.4 is 10.2 Å². The monoisotopic (exact) mass is 400 g/mol. The molecule has 1 aromatic heterocycles. The molecule has 0 aliphatic carbocycles. The molecule has 2 saturated heterocycles. The Hall–Kier alpha value is -2.51. The van der Waals surface area contributed by atoms with Gasteiger partial charge in [-0.25, -0.2) is 9.78 Å². The molecular weight excluding hydrogens is 368 g/mol. The molecule has 4 heterocycles. The molecule has 0 bridgehead atoms. The Bertz CT molecular complexity index is 769. The van der Waals surface area contributed by atoms with Crippen molar-refractivity contribution >= 4 is 17.9 Å². The van der Waals surface area contributed by atoms with Crippen LogP contribution in [0.1, 0.15) is 39.2 Å². The van der Waals surface area contributed by atoms with Crippen LogP contribution in [0, 0.1) is 0 Å². The first-order valence-corrected chi connectivity index (χ1v) is 10.6. The topological polar surface area (TPSA) is 73.3 Å². The maximum atomic E-state index is 12.4. The van der Waals surface area contributed by atoms with Gasteiger partial charge in [0.25, 0.3) is 0 Å². The number of nitrogens with zero attached hydrogens (tertiary/aromatic N) is 5. The van der Waals surface area contributed by atoms with Crippen LogP contribution in [0.3, 0.4) is 0 Å². The number of ether oxygens (including phenoxy) is 1. The molecule has 8 nitrogen and oxygen atoms in total. The molecule has 3 aliphatic rings. The second kappa shape index (κ2) is 8.08. The van der Waals surface area contributed by atoms with Gasteiger partial charge in [-0.15, -0.1) is 0 Å². The highest BCUT2D eigenvalue weighted by molar-refractivity contribution is 5.82. The van der Waals surface area contributed by atoms with E-state index in [4.69, 9.17) is 9.73 Å². The predicted molar refractivity (Wildman–Crippen MR) is 113 cm³/mol. The first kappa shape index (κ1) is 19.8. The summed E-state index contributed by atoms with van der Waals surface area (Å²) in [4.78, 5) is 28.0. The number of nitrogens with one attached hydrogen (secondary N) is 1. The second-order valence-electron chi connectivity index (χ2n) is 9.01. The molecule has 1 atom stereocenters. The highest BCUT2D eigenvalue weighted by Crippen LogP contribution is 2.20. The Morgan fingerprint density at radius 2 is 2.03 bits per heavy atom. The van der Waals surface area contributed by atoms with Gasteiger partial charge in [0.1, 0.15) is 11.4 Å². The number of hydrogen-bond acceptors (Lipinski definition) is 7. The number of carbonyl (C=O) groups excluding carboxylic acids is 1. The number of amides is 1. The van der Waals surface area contributed by atoms with E-state index in [0.717, 1.165) is 38.0 Å². The van der Waals surface area contributed by atoms with Crippen LogP contribution in [-0.4, -0.2) is 77.7 Å². The molecule has 2 fully saturated rings. The van der Waals surface area contributed by atoms with Crippen molar-refractivity contribution in [3.8, 4) is 0 Å². The fourth-order valence-electron chi connectivity index (χ4n) is 4.09. The number of carbonyl (C=O) groups is 1. The summed E-state index contributed by atoms with van der Waals surface area (Å²) in [5.41, 5.74) is 0.742. The van der Waals surface area contributed by atoms with Crippen LogP contribution >= 0.6 is 0 Å². The summed E-state index contributed by atoms with van der Waals surface area (Å²) in [5.74, 6) is 2.00. The van der Waals surface area contributed by atoms with Crippen molar-refractivity contribution < 1.29 is 9.53 Å². The van der Waals surface area contributed by atoms with Gasteiger partial charge in [-0.1, -0.05) is 0 Å². The van der Waals surface area contributed by atoms with Crippen molar-refractivity contribution in [3.63, 3.8) is 0 Å². The number of piperazine rings is 1. The minimum Gasteiger partial charge on any atom is -0.444 e. The number of guanidine groups is 1. The molecule has 0 radical (unpaired) electrons. The van der Waals surface area contributed by atoms with E-state index in [9.17, 15) is 4.79 Å². The normalized spacial score (nSPS) is 21.8. The van der Waals surface area contributed by atoms with E-state index in [2.05, 4.69) is 32.2 Å². The molecule has 0 saturated carbocycles. The highest BCUT2D eigenvalue weighted by Gasteiger charge is 2.36. The number of rotatable bonds is 3. The van der Waals surface area contributed by atoms with Crippen molar-refractivity contribution in [1.29, 1.82) is 0 Å². The lowest BCUT2D eigenvalue weighted by molar-refractivity contribution is 0.0137. The minimum atomic E-state index is -0.467. The average molecular weight is 401 g/mol. The molecule has 29 heavy (non-hydrogen) atoms. The average Bonchev–Trinajstić information content (AvgIpc) is 3.35. The van der Waals surface area contributed by atoms with Gasteiger partial charge in [-0.3, -0.25) is 4.99 Å². The third kappa shape index (κ3) is 4.74. The summed E-state index contributed by atoms with van der Waals surface area (Å²) in [7, 11) is 0. The molecule has 1 aromatic rings. The van der Waals surface area contributed by atoms with Crippen LogP contribution in [0.25, 0.3) is 0 Å². The summed E-state index contributed by atoms with van der Waals surface area (Å²) in [6.45, 7) is 11.4. The van der Waals surface area contributed by atoms with Crippen LogP contribution in [0.15, 0.2) is 23.3 Å². The van der Waals surface area contributed by atoms with Gasteiger partial charge < -0.3 is 24.8 Å². The van der Waals surface area contributed by atoms with Crippen LogP contribution in [-0.2, 0) is 11.3 Å². The maximum absolute atomic E-state index is 12.4. The highest BCUT2D eigenvalue weighted by atomic mass is 16.6. The van der Waals surface area contributed by atoms with E-state index in [1.54, 1.807) is 4.90 Å². The van der Waals surface area contributed by atoms with E-state index in [1.807, 2.05) is 27.0 Å². The number of aromatic nitrogens is 1. The molecule has 3 aliphatic heterocycles. The largest absolute Gasteiger partial charge is 0.444 e. The SMILES string of the molecule is CC(C)(C)OC(=O)N1CCN2C(NCc3ccnc(N4CCCC4)c3)=NCC2C1. The van der Waals surface area contributed by atoms with Crippen LogP contribution in [0.4, 0.5) is 10.6 Å². The van der Waals surface area contributed by atoms with Gasteiger partial charge in [-0.05, 0) is 51.3 Å². The third-order valence-corrected chi connectivity index (χ3v) is 5.55. The van der Waals surface area contributed by atoms with Crippen LogP contribution in [0.2, 0.25) is 0 Å². The lowest BCUT2D eigenvalue weighted by Gasteiger charge is -2.39. The van der Waals surface area contributed by atoms with E-state index in [0.29, 0.717) is 19.6 Å². The number of pyridine rings is 1. The Kier molecular flexibility index (Phi) is 5.52. The Labute approximate surface area is 172 Å². The van der Waals surface area contributed by atoms with Gasteiger partial charge >= 0.3 is 6.09 Å². The molecule has 0 spiro atoms. The van der Waals surface area contributed by atoms with Gasteiger partial charge in [0.05, 0.1) is 12.6 Å². The number of anilines is 1. The van der Waals surface area contributed by atoms with E-state index in [1.165, 1.54) is 18.4 Å². The fraction of sp³-hybridized carbons (Fsp3) is 0.667. The smallest absolute Gasteiger partial charge is 0.410 e. The molecule has 4 rings (SSSR count). The van der Waals surface area contributed by atoms with Crippen molar-refractivity contribution in [2.75, 3.05) is 44.2 Å². The van der Waals surface area contributed by atoms with Gasteiger partial charge in [0.15, 0.2) is 5.96 Å². The molecule has 0 aromatic carbocycles. The molecule has 1 N–H and O–H groups in total. The standard InChI is InChI=1S/C21H32N6O2/c1-21(2,3)29-20(28)26-10-11-27-17(15-26)14-24-19(27)23-13-16-6-7-22-18(12-16)25-8-4-5-9-25/h6-7,12,17H,4-5,8-11,13-15H2,1-3H3,(H,23,24). The molecule has 8 heteroatoms. The lowest BCUT2D eigenvalue weighted by Crippen LogP contribution is -2.57. The van der Waals surface area contributed by atoms with E-state index in [-0.39, 0.29) is 12.1 Å². The van der Waals surface area contributed by atoms with Gasteiger partial charge in [0.2, 0.25) is 0 Å². The fourth-order valence-corrected chi connectivity index (χ4v) is 4.09. The quantitative estimate of drug-likeness (QED) is 0.837. The first-order chi connectivity index (χ1) is 13.9. The summed E-state index contributed by atoms with van der Waals surface area (Å²) < 4.78 is 5.52. The van der Waals surface area contributed by atoms with Crippen molar-refractivity contribution in [2.24, 2.45) is 4.99 Å². The summed E-state index contributed by atoms with van der Waals surface area (Å²) in [5, 5.41) is 3.49. The number of aliphatic imine (C=N–C) groups is 1. The third-order valence-electron chi connectivity index (χ3n) is 5.55. The Balaban J connectivity index is 1.30. The lowest BCUT2D eigenvalue weighted by atomic mass is 10.2. The van der Waals surface area contributed by atoms with Crippen LogP contribution in [0.5, 0.6) is 0 Å². The zero-order valence-corrected chi connectivity index (χ0v) is 17.7. The summed E-state index contributed by atoms with van der Waals surface area (Å²) in [6.07, 6.45) is 4.16. The van der Waals surface area contributed by atoms with Crippen molar-refractivity contribution in [1.82, 2.24) is 20.1 Å². The summed E-state index contributed by atoms with van der Waals surface area (Å²) in [6, 6.07) is 4.45. The van der Waals surface area contributed by atoms with Crippen molar-refractivity contribution in [3.05, 3.63) is 23.9 Å².